The molecule has 2 N–H and O–H groups in total. The zero-order valence-electron chi connectivity index (χ0n) is 11.8. The van der Waals surface area contributed by atoms with Gasteiger partial charge in [0.15, 0.2) is 0 Å². The van der Waals surface area contributed by atoms with E-state index in [2.05, 4.69) is 4.90 Å². The van der Waals surface area contributed by atoms with Gasteiger partial charge in [-0.15, -0.1) is 0 Å². The quantitative estimate of drug-likeness (QED) is 0.750. The van der Waals surface area contributed by atoms with Gasteiger partial charge in [-0.3, -0.25) is 4.90 Å². The molecule has 1 saturated carbocycles. The Labute approximate surface area is 124 Å². The molecule has 0 aliphatic heterocycles. The van der Waals surface area contributed by atoms with E-state index in [-0.39, 0.29) is 11.1 Å². The van der Waals surface area contributed by atoms with Crippen molar-refractivity contribution in [3.63, 3.8) is 0 Å². The lowest BCUT2D eigenvalue weighted by molar-refractivity contribution is 0.0922. The van der Waals surface area contributed by atoms with E-state index < -0.39 is 5.82 Å². The van der Waals surface area contributed by atoms with Gasteiger partial charge >= 0.3 is 0 Å². The molecule has 1 fully saturated rings. The molecule has 5 heteroatoms. The second-order valence-corrected chi connectivity index (χ2v) is 5.83. The first-order valence-corrected chi connectivity index (χ1v) is 7.42. The SMILES string of the molecule is CN(CCOCC1CC1)C(CN)c1ccc(F)c(Cl)c1. The fourth-order valence-electron chi connectivity index (χ4n) is 2.19. The van der Waals surface area contributed by atoms with Gasteiger partial charge in [-0.25, -0.2) is 4.39 Å². The predicted octanol–water partition coefficient (Wildman–Crippen LogP) is 2.84. The number of benzene rings is 1. The summed E-state index contributed by atoms with van der Waals surface area (Å²) in [4.78, 5) is 2.12. The van der Waals surface area contributed by atoms with Crippen molar-refractivity contribution in [3.05, 3.63) is 34.6 Å². The first-order valence-electron chi connectivity index (χ1n) is 7.04. The monoisotopic (exact) mass is 300 g/mol. The average molecular weight is 301 g/mol. The fraction of sp³-hybridized carbons (Fsp3) is 0.600. The summed E-state index contributed by atoms with van der Waals surface area (Å²) in [6.45, 7) is 2.81. The average Bonchev–Trinajstić information content (AvgIpc) is 3.24. The third-order valence-electron chi connectivity index (χ3n) is 3.72. The van der Waals surface area contributed by atoms with Gasteiger partial charge in [0, 0.05) is 25.7 Å². The number of nitrogens with two attached hydrogens (primary N) is 1. The summed E-state index contributed by atoms with van der Waals surface area (Å²) in [5.41, 5.74) is 6.77. The van der Waals surface area contributed by atoms with Crippen LogP contribution in [0.25, 0.3) is 0 Å². The molecule has 2 rings (SSSR count). The first-order chi connectivity index (χ1) is 9.61. The van der Waals surface area contributed by atoms with Crippen LogP contribution in [0.15, 0.2) is 18.2 Å². The standard InChI is InChI=1S/C15H22ClFN2O/c1-19(6-7-20-10-11-2-3-11)15(9-18)12-4-5-14(17)13(16)8-12/h4-5,8,11,15H,2-3,6-7,9-10,18H2,1H3. The van der Waals surface area contributed by atoms with Crippen LogP contribution in [0.4, 0.5) is 4.39 Å². The molecule has 1 aromatic rings. The van der Waals surface area contributed by atoms with Crippen molar-refractivity contribution in [1.82, 2.24) is 4.90 Å². The third-order valence-corrected chi connectivity index (χ3v) is 4.01. The highest BCUT2D eigenvalue weighted by Crippen LogP contribution is 2.28. The molecule has 0 saturated heterocycles. The summed E-state index contributed by atoms with van der Waals surface area (Å²) >= 11 is 5.83. The van der Waals surface area contributed by atoms with Gasteiger partial charge in [-0.2, -0.15) is 0 Å². The number of halogens is 2. The minimum atomic E-state index is -0.401. The Kier molecular flexibility index (Phi) is 5.78. The van der Waals surface area contributed by atoms with E-state index in [1.54, 1.807) is 12.1 Å². The topological polar surface area (TPSA) is 38.5 Å². The maximum absolute atomic E-state index is 13.2. The zero-order valence-corrected chi connectivity index (χ0v) is 12.6. The summed E-state index contributed by atoms with van der Waals surface area (Å²) < 4.78 is 18.8. The van der Waals surface area contributed by atoms with Crippen molar-refractivity contribution in [1.29, 1.82) is 0 Å². The van der Waals surface area contributed by atoms with Crippen molar-refractivity contribution in [2.45, 2.75) is 18.9 Å². The Morgan fingerprint density at radius 1 is 1.50 bits per heavy atom. The van der Waals surface area contributed by atoms with Crippen molar-refractivity contribution in [2.75, 3.05) is 33.4 Å². The van der Waals surface area contributed by atoms with Crippen LogP contribution in [-0.2, 0) is 4.74 Å². The third kappa shape index (κ3) is 4.42. The molecular formula is C15H22ClFN2O. The number of rotatable bonds is 8. The van der Waals surface area contributed by atoms with Gasteiger partial charge in [0.05, 0.1) is 11.6 Å². The Bertz CT molecular complexity index is 440. The lowest BCUT2D eigenvalue weighted by atomic mass is 10.1. The Morgan fingerprint density at radius 2 is 2.25 bits per heavy atom. The van der Waals surface area contributed by atoms with Crippen LogP contribution in [0, 0.1) is 11.7 Å². The summed E-state index contributed by atoms with van der Waals surface area (Å²) in [6, 6.07) is 4.80. The summed E-state index contributed by atoms with van der Waals surface area (Å²) in [7, 11) is 2.00. The minimum Gasteiger partial charge on any atom is -0.380 e. The van der Waals surface area contributed by atoms with Gasteiger partial charge < -0.3 is 10.5 Å². The number of nitrogens with zero attached hydrogens (tertiary/aromatic N) is 1. The lowest BCUT2D eigenvalue weighted by Crippen LogP contribution is -2.33. The highest BCUT2D eigenvalue weighted by molar-refractivity contribution is 6.30. The molecule has 20 heavy (non-hydrogen) atoms. The van der Waals surface area contributed by atoms with Gasteiger partial charge in [0.2, 0.25) is 0 Å². The Morgan fingerprint density at radius 3 is 2.85 bits per heavy atom. The molecular weight excluding hydrogens is 279 g/mol. The molecule has 0 aromatic heterocycles. The van der Waals surface area contributed by atoms with E-state index in [1.165, 1.54) is 18.9 Å². The van der Waals surface area contributed by atoms with Crippen molar-refractivity contribution in [2.24, 2.45) is 11.7 Å². The summed E-state index contributed by atoms with van der Waals surface area (Å²) in [5, 5.41) is 0.138. The molecule has 3 nitrogen and oxygen atoms in total. The van der Waals surface area contributed by atoms with Gasteiger partial charge in [-0.1, -0.05) is 17.7 Å². The molecule has 0 heterocycles. The molecule has 0 radical (unpaired) electrons. The molecule has 1 unspecified atom stereocenters. The molecule has 0 spiro atoms. The van der Waals surface area contributed by atoms with Crippen molar-refractivity contribution in [3.8, 4) is 0 Å². The lowest BCUT2D eigenvalue weighted by Gasteiger charge is -2.27. The summed E-state index contributed by atoms with van der Waals surface area (Å²) in [6.07, 6.45) is 2.60. The van der Waals surface area contributed by atoms with Crippen LogP contribution in [0.5, 0.6) is 0 Å². The second kappa shape index (κ2) is 7.36. The zero-order chi connectivity index (χ0) is 14.5. The maximum Gasteiger partial charge on any atom is 0.141 e. The molecule has 1 aliphatic carbocycles. The fourth-order valence-corrected chi connectivity index (χ4v) is 2.38. The van der Waals surface area contributed by atoms with E-state index in [4.69, 9.17) is 22.1 Å². The predicted molar refractivity (Wildman–Crippen MR) is 79.4 cm³/mol. The van der Waals surface area contributed by atoms with Crippen LogP contribution in [0.3, 0.4) is 0 Å². The van der Waals surface area contributed by atoms with E-state index in [0.717, 1.165) is 24.6 Å². The highest BCUT2D eigenvalue weighted by Gasteiger charge is 2.21. The maximum atomic E-state index is 13.2. The summed E-state index contributed by atoms with van der Waals surface area (Å²) in [5.74, 6) is 0.378. The molecule has 1 aliphatic rings. The Balaban J connectivity index is 1.86. The van der Waals surface area contributed by atoms with Gasteiger partial charge in [0.25, 0.3) is 0 Å². The normalized spacial score (nSPS) is 16.6. The van der Waals surface area contributed by atoms with Crippen molar-refractivity contribution < 1.29 is 9.13 Å². The molecule has 1 atom stereocenters. The van der Waals surface area contributed by atoms with E-state index in [1.807, 2.05) is 7.05 Å². The first kappa shape index (κ1) is 15.7. The van der Waals surface area contributed by atoms with Crippen LogP contribution in [-0.4, -0.2) is 38.3 Å². The number of likely N-dealkylation sites (N-methyl/N-ethyl adjacent to an activating group) is 1. The number of hydrogen-bond donors (Lipinski definition) is 1. The van der Waals surface area contributed by atoms with Crippen LogP contribution < -0.4 is 5.73 Å². The van der Waals surface area contributed by atoms with Crippen molar-refractivity contribution >= 4 is 11.6 Å². The molecule has 0 bridgehead atoms. The second-order valence-electron chi connectivity index (χ2n) is 5.42. The van der Waals surface area contributed by atoms with E-state index in [0.29, 0.717) is 13.2 Å². The van der Waals surface area contributed by atoms with Crippen LogP contribution >= 0.6 is 11.6 Å². The minimum absolute atomic E-state index is 0.0256. The van der Waals surface area contributed by atoms with Gasteiger partial charge in [0.1, 0.15) is 5.82 Å². The number of ether oxygens (including phenoxy) is 1. The molecule has 0 amide bonds. The highest BCUT2D eigenvalue weighted by atomic mass is 35.5. The van der Waals surface area contributed by atoms with Crippen LogP contribution in [0.1, 0.15) is 24.4 Å². The number of hydrogen-bond acceptors (Lipinski definition) is 3. The Hall–Kier alpha value is -0.680. The van der Waals surface area contributed by atoms with Gasteiger partial charge in [-0.05, 0) is 43.5 Å². The van der Waals surface area contributed by atoms with E-state index in [9.17, 15) is 4.39 Å². The largest absolute Gasteiger partial charge is 0.380 e. The molecule has 1 aromatic carbocycles. The van der Waals surface area contributed by atoms with Crippen LogP contribution in [0.2, 0.25) is 5.02 Å². The smallest absolute Gasteiger partial charge is 0.141 e. The molecule has 112 valence electrons. The van der Waals surface area contributed by atoms with E-state index >= 15 is 0 Å².